The van der Waals surface area contributed by atoms with Crippen molar-refractivity contribution in [3.8, 4) is 0 Å². The highest BCUT2D eigenvalue weighted by Gasteiger charge is 2.10. The highest BCUT2D eigenvalue weighted by atomic mass is 16.5. The lowest BCUT2D eigenvalue weighted by atomic mass is 10.3. The maximum Gasteiger partial charge on any atom is 0.208 e. The molecule has 1 aliphatic heterocycles. The zero-order chi connectivity index (χ0) is 11.8. The van der Waals surface area contributed by atoms with Gasteiger partial charge in [0.05, 0.1) is 13.2 Å². The lowest BCUT2D eigenvalue weighted by Gasteiger charge is -2.26. The van der Waals surface area contributed by atoms with E-state index in [0.717, 1.165) is 39.1 Å². The molecular formula is C11H19N3O2. The lowest BCUT2D eigenvalue weighted by Crippen LogP contribution is -2.38. The Balaban J connectivity index is 2.16. The molecule has 0 unspecified atom stereocenters. The molecule has 0 amide bonds. The van der Waals surface area contributed by atoms with Gasteiger partial charge in [0.2, 0.25) is 5.90 Å². The minimum absolute atomic E-state index is 0.150. The van der Waals surface area contributed by atoms with E-state index in [1.165, 1.54) is 0 Å². The van der Waals surface area contributed by atoms with Crippen molar-refractivity contribution in [2.45, 2.75) is 6.92 Å². The van der Waals surface area contributed by atoms with Gasteiger partial charge < -0.3 is 14.9 Å². The molecule has 0 aromatic heterocycles. The molecule has 0 radical (unpaired) electrons. The van der Waals surface area contributed by atoms with Crippen LogP contribution in [0.15, 0.2) is 11.6 Å². The number of morpholine rings is 1. The first-order valence-electron chi connectivity index (χ1n) is 5.43. The summed E-state index contributed by atoms with van der Waals surface area (Å²) >= 11 is 0. The summed E-state index contributed by atoms with van der Waals surface area (Å²) in [6, 6.07) is 0. The van der Waals surface area contributed by atoms with E-state index in [-0.39, 0.29) is 5.90 Å². The van der Waals surface area contributed by atoms with Gasteiger partial charge in [-0.1, -0.05) is 0 Å². The molecule has 1 rings (SSSR count). The van der Waals surface area contributed by atoms with Crippen molar-refractivity contribution in [3.05, 3.63) is 11.6 Å². The third-order valence-electron chi connectivity index (χ3n) is 2.45. The van der Waals surface area contributed by atoms with Gasteiger partial charge in [0.15, 0.2) is 0 Å². The molecular weight excluding hydrogens is 206 g/mol. The zero-order valence-corrected chi connectivity index (χ0v) is 9.66. The van der Waals surface area contributed by atoms with Gasteiger partial charge in [-0.2, -0.15) is 0 Å². The first kappa shape index (κ1) is 12.9. The second-order valence-electron chi connectivity index (χ2n) is 3.65. The Labute approximate surface area is 96.1 Å². The quantitative estimate of drug-likeness (QED) is 0.539. The van der Waals surface area contributed by atoms with Gasteiger partial charge in [-0.25, -0.2) is 0 Å². The van der Waals surface area contributed by atoms with E-state index in [1.807, 2.05) is 0 Å². The molecule has 90 valence electrons. The van der Waals surface area contributed by atoms with Crippen LogP contribution in [-0.2, 0) is 9.47 Å². The maximum atomic E-state index is 7.58. The van der Waals surface area contributed by atoms with Crippen LogP contribution in [-0.4, -0.2) is 56.5 Å². The van der Waals surface area contributed by atoms with Crippen molar-refractivity contribution in [2.24, 2.45) is 0 Å². The third kappa shape index (κ3) is 4.55. The number of nitrogens with one attached hydrogen (secondary N) is 2. The Morgan fingerprint density at radius 2 is 2.12 bits per heavy atom. The standard InChI is InChI=1S/C11H19N3O2/c1-10(2-3-12)11(13)16-9-6-14-4-7-15-8-5-14/h2-3,12-13H,4-9H2,1H3/b10-2-,12-3?,13-11?. The zero-order valence-electron chi connectivity index (χ0n) is 9.66. The Hall–Kier alpha value is -1.20. The van der Waals surface area contributed by atoms with Crippen molar-refractivity contribution in [1.29, 1.82) is 10.8 Å². The van der Waals surface area contributed by atoms with E-state index in [0.29, 0.717) is 12.2 Å². The van der Waals surface area contributed by atoms with Crippen LogP contribution >= 0.6 is 0 Å². The van der Waals surface area contributed by atoms with Gasteiger partial charge in [0.1, 0.15) is 6.61 Å². The summed E-state index contributed by atoms with van der Waals surface area (Å²) in [5, 5.41) is 14.5. The lowest BCUT2D eigenvalue weighted by molar-refractivity contribution is 0.0315. The van der Waals surface area contributed by atoms with Gasteiger partial charge >= 0.3 is 0 Å². The molecule has 5 nitrogen and oxygen atoms in total. The molecule has 1 saturated heterocycles. The van der Waals surface area contributed by atoms with Gasteiger partial charge in [-0.15, -0.1) is 0 Å². The minimum Gasteiger partial charge on any atom is -0.477 e. The van der Waals surface area contributed by atoms with Crippen molar-refractivity contribution >= 4 is 12.1 Å². The molecule has 0 saturated carbocycles. The number of hydrogen-bond acceptors (Lipinski definition) is 5. The summed E-state index contributed by atoms with van der Waals surface area (Å²) in [4.78, 5) is 2.26. The van der Waals surface area contributed by atoms with Crippen molar-refractivity contribution < 1.29 is 9.47 Å². The average Bonchev–Trinajstić information content (AvgIpc) is 2.30. The molecule has 0 spiro atoms. The van der Waals surface area contributed by atoms with Crippen LogP contribution in [0.1, 0.15) is 6.92 Å². The number of rotatable bonds is 5. The smallest absolute Gasteiger partial charge is 0.208 e. The molecule has 1 heterocycles. The molecule has 0 aromatic rings. The SMILES string of the molecule is C/C(=C/C=N)C(=N)OCCN1CCOCC1. The number of nitrogens with zero attached hydrogens (tertiary/aromatic N) is 1. The average molecular weight is 225 g/mol. The monoisotopic (exact) mass is 225 g/mol. The number of allylic oxidation sites excluding steroid dienone is 1. The van der Waals surface area contributed by atoms with E-state index in [4.69, 9.17) is 20.3 Å². The molecule has 1 aliphatic rings. The number of ether oxygens (including phenoxy) is 2. The van der Waals surface area contributed by atoms with E-state index >= 15 is 0 Å². The molecule has 0 bridgehead atoms. The van der Waals surface area contributed by atoms with Gasteiger partial charge in [0, 0.05) is 31.4 Å². The van der Waals surface area contributed by atoms with Crippen LogP contribution in [0.5, 0.6) is 0 Å². The Morgan fingerprint density at radius 1 is 1.44 bits per heavy atom. The molecule has 1 fully saturated rings. The molecule has 0 aromatic carbocycles. The van der Waals surface area contributed by atoms with Gasteiger partial charge in [0.25, 0.3) is 0 Å². The second-order valence-corrected chi connectivity index (χ2v) is 3.65. The van der Waals surface area contributed by atoms with Gasteiger partial charge in [-0.05, 0) is 13.0 Å². The second kappa shape index (κ2) is 7.14. The molecule has 16 heavy (non-hydrogen) atoms. The summed E-state index contributed by atoms with van der Waals surface area (Å²) in [6.07, 6.45) is 2.71. The summed E-state index contributed by atoms with van der Waals surface area (Å²) in [7, 11) is 0. The first-order chi connectivity index (χ1) is 7.74. The fourth-order valence-corrected chi connectivity index (χ4v) is 1.42. The van der Waals surface area contributed by atoms with Crippen LogP contribution < -0.4 is 0 Å². The predicted molar refractivity (Wildman–Crippen MR) is 63.5 cm³/mol. The van der Waals surface area contributed by atoms with Crippen molar-refractivity contribution in [1.82, 2.24) is 4.90 Å². The largest absolute Gasteiger partial charge is 0.477 e. The van der Waals surface area contributed by atoms with Crippen LogP contribution in [0.3, 0.4) is 0 Å². The van der Waals surface area contributed by atoms with E-state index in [9.17, 15) is 0 Å². The topological polar surface area (TPSA) is 69.4 Å². The molecule has 0 atom stereocenters. The summed E-state index contributed by atoms with van der Waals surface area (Å²) in [5.41, 5.74) is 0.678. The molecule has 5 heteroatoms. The third-order valence-corrected chi connectivity index (χ3v) is 2.45. The summed E-state index contributed by atoms with van der Waals surface area (Å²) in [5.74, 6) is 0.150. The Morgan fingerprint density at radius 3 is 2.75 bits per heavy atom. The summed E-state index contributed by atoms with van der Waals surface area (Å²) in [6.45, 7) is 6.54. The van der Waals surface area contributed by atoms with E-state index in [2.05, 4.69) is 4.90 Å². The Bertz CT molecular complexity index is 270. The predicted octanol–water partition coefficient (Wildman–Crippen LogP) is 0.908. The van der Waals surface area contributed by atoms with Crippen molar-refractivity contribution in [3.63, 3.8) is 0 Å². The molecule has 2 N–H and O–H groups in total. The minimum atomic E-state index is 0.150. The van der Waals surface area contributed by atoms with E-state index in [1.54, 1.807) is 13.0 Å². The van der Waals surface area contributed by atoms with Crippen LogP contribution in [0.2, 0.25) is 0 Å². The van der Waals surface area contributed by atoms with Gasteiger partial charge in [-0.3, -0.25) is 10.3 Å². The number of hydrogen-bond donors (Lipinski definition) is 2. The molecule has 0 aliphatic carbocycles. The maximum absolute atomic E-state index is 7.58. The summed E-state index contributed by atoms with van der Waals surface area (Å²) < 4.78 is 10.5. The highest BCUT2D eigenvalue weighted by molar-refractivity contribution is 5.94. The first-order valence-corrected chi connectivity index (χ1v) is 5.43. The van der Waals surface area contributed by atoms with Crippen LogP contribution in [0.4, 0.5) is 0 Å². The fourth-order valence-electron chi connectivity index (χ4n) is 1.42. The highest BCUT2D eigenvalue weighted by Crippen LogP contribution is 1.99. The Kier molecular flexibility index (Phi) is 5.74. The van der Waals surface area contributed by atoms with Crippen LogP contribution in [0, 0.1) is 10.8 Å². The fraction of sp³-hybridized carbons (Fsp3) is 0.636. The van der Waals surface area contributed by atoms with Crippen LogP contribution in [0.25, 0.3) is 0 Å². The normalized spacial score (nSPS) is 18.2. The van der Waals surface area contributed by atoms with E-state index < -0.39 is 0 Å². The van der Waals surface area contributed by atoms with Crippen molar-refractivity contribution in [2.75, 3.05) is 39.5 Å².